The zero-order valence-corrected chi connectivity index (χ0v) is 17.5. The number of carbonyl (C=O) groups is 2. The summed E-state index contributed by atoms with van der Waals surface area (Å²) >= 11 is 1.46. The highest BCUT2D eigenvalue weighted by Crippen LogP contribution is 2.28. The molecule has 2 heterocycles. The molecule has 0 atom stereocenters. The van der Waals surface area contributed by atoms with Crippen molar-refractivity contribution in [3.63, 3.8) is 0 Å². The fourth-order valence-corrected chi connectivity index (χ4v) is 4.39. The van der Waals surface area contributed by atoms with Gasteiger partial charge in [-0.1, -0.05) is 35.5 Å². The van der Waals surface area contributed by atoms with Crippen molar-refractivity contribution in [2.24, 2.45) is 0 Å². The number of amides is 1. The first-order valence-electron chi connectivity index (χ1n) is 9.81. The number of para-hydroxylation sites is 1. The number of carbonyl (C=O) groups excluding carboxylic acids is 2. The van der Waals surface area contributed by atoms with E-state index >= 15 is 0 Å². The molecule has 0 spiro atoms. The van der Waals surface area contributed by atoms with Crippen molar-refractivity contribution in [3.8, 4) is 0 Å². The summed E-state index contributed by atoms with van der Waals surface area (Å²) in [6.07, 6.45) is 1.85. The predicted octanol–water partition coefficient (Wildman–Crippen LogP) is 4.41. The van der Waals surface area contributed by atoms with Crippen molar-refractivity contribution in [2.45, 2.75) is 30.4 Å². The fourth-order valence-electron chi connectivity index (χ4n) is 3.47. The fraction of sp³-hybridized carbons (Fsp3) is 0.261. The normalized spacial score (nSPS) is 13.0. The molecule has 1 aliphatic heterocycles. The minimum Gasteiger partial charge on any atom is -0.452 e. The van der Waals surface area contributed by atoms with E-state index in [1.165, 1.54) is 11.8 Å². The van der Waals surface area contributed by atoms with Gasteiger partial charge in [0.25, 0.3) is 5.91 Å². The lowest BCUT2D eigenvalue weighted by atomic mass is 10.0. The molecule has 0 aliphatic carbocycles. The smallest absolute Gasteiger partial charge is 0.339 e. The number of anilines is 1. The van der Waals surface area contributed by atoms with Crippen molar-refractivity contribution in [3.05, 3.63) is 77.2 Å². The number of thioether (sulfide) groups is 1. The molecule has 30 heavy (non-hydrogen) atoms. The molecule has 2 aromatic carbocycles. The van der Waals surface area contributed by atoms with Gasteiger partial charge in [-0.2, -0.15) is 0 Å². The Balaban J connectivity index is 1.39. The summed E-state index contributed by atoms with van der Waals surface area (Å²) in [4.78, 5) is 27.9. The largest absolute Gasteiger partial charge is 0.452 e. The summed E-state index contributed by atoms with van der Waals surface area (Å²) in [5.41, 5.74) is 3.30. The van der Waals surface area contributed by atoms with Crippen LogP contribution in [0, 0.1) is 6.92 Å². The van der Waals surface area contributed by atoms with E-state index in [1.54, 1.807) is 17.0 Å². The second kappa shape index (κ2) is 9.17. The third-order valence-corrected chi connectivity index (χ3v) is 5.99. The topological polar surface area (TPSA) is 72.6 Å². The second-order valence-corrected chi connectivity index (χ2v) is 8.09. The third-order valence-electron chi connectivity index (χ3n) is 4.89. The van der Waals surface area contributed by atoms with Crippen molar-refractivity contribution in [2.75, 3.05) is 18.1 Å². The number of fused-ring (bicyclic) bond motifs is 1. The Morgan fingerprint density at radius 1 is 1.17 bits per heavy atom. The molecule has 1 aromatic heterocycles. The molecule has 4 rings (SSSR count). The highest BCUT2D eigenvalue weighted by atomic mass is 32.2. The van der Waals surface area contributed by atoms with Gasteiger partial charge >= 0.3 is 5.97 Å². The molecule has 0 unspecified atom stereocenters. The maximum atomic E-state index is 12.7. The first kappa shape index (κ1) is 20.2. The highest BCUT2D eigenvalue weighted by molar-refractivity contribution is 7.98. The molecule has 1 aliphatic rings. The van der Waals surface area contributed by atoms with Crippen molar-refractivity contribution in [1.82, 2.24) is 5.16 Å². The molecule has 0 saturated carbocycles. The first-order chi connectivity index (χ1) is 14.6. The van der Waals surface area contributed by atoms with E-state index in [9.17, 15) is 9.59 Å². The number of rotatable bonds is 6. The average Bonchev–Trinajstić information content (AvgIpc) is 3.20. The van der Waals surface area contributed by atoms with Gasteiger partial charge in [0, 0.05) is 23.2 Å². The van der Waals surface area contributed by atoms with Gasteiger partial charge < -0.3 is 14.2 Å². The van der Waals surface area contributed by atoms with Gasteiger partial charge in [-0.05, 0) is 43.5 Å². The summed E-state index contributed by atoms with van der Waals surface area (Å²) in [6.45, 7) is 2.21. The van der Waals surface area contributed by atoms with Crippen molar-refractivity contribution in [1.29, 1.82) is 0 Å². The number of benzene rings is 2. The maximum absolute atomic E-state index is 12.7. The SMILES string of the molecule is Cc1cc(CSc2ccccc2C(=O)OCC(=O)N2CCCc3ccccc32)on1. The van der Waals surface area contributed by atoms with Crippen LogP contribution < -0.4 is 4.90 Å². The van der Waals surface area contributed by atoms with Gasteiger partial charge in [0.2, 0.25) is 0 Å². The number of aryl methyl sites for hydroxylation is 2. The van der Waals surface area contributed by atoms with E-state index in [0.29, 0.717) is 17.9 Å². The number of nitrogens with zero attached hydrogens (tertiary/aromatic N) is 2. The average molecular weight is 423 g/mol. The Bertz CT molecular complexity index is 1060. The molecule has 7 heteroatoms. The van der Waals surface area contributed by atoms with Crippen molar-refractivity contribution >= 4 is 29.3 Å². The first-order valence-corrected chi connectivity index (χ1v) is 10.8. The van der Waals surface area contributed by atoms with Gasteiger partial charge in [0.1, 0.15) is 5.76 Å². The zero-order valence-electron chi connectivity index (χ0n) is 16.7. The van der Waals surface area contributed by atoms with Crippen LogP contribution in [-0.4, -0.2) is 30.2 Å². The molecule has 0 saturated heterocycles. The Morgan fingerprint density at radius 3 is 2.80 bits per heavy atom. The summed E-state index contributed by atoms with van der Waals surface area (Å²) < 4.78 is 10.6. The van der Waals surface area contributed by atoms with E-state index < -0.39 is 5.97 Å². The predicted molar refractivity (Wildman–Crippen MR) is 115 cm³/mol. The van der Waals surface area contributed by atoms with Crippen LogP contribution in [0.4, 0.5) is 5.69 Å². The van der Waals surface area contributed by atoms with E-state index in [-0.39, 0.29) is 12.5 Å². The van der Waals surface area contributed by atoms with E-state index in [1.807, 2.05) is 49.4 Å². The molecular formula is C23H22N2O4S. The molecular weight excluding hydrogens is 400 g/mol. The highest BCUT2D eigenvalue weighted by Gasteiger charge is 2.23. The lowest BCUT2D eigenvalue weighted by Gasteiger charge is -2.29. The molecule has 0 radical (unpaired) electrons. The van der Waals surface area contributed by atoms with Gasteiger partial charge in [-0.15, -0.1) is 11.8 Å². The lowest BCUT2D eigenvalue weighted by Crippen LogP contribution is -2.38. The van der Waals surface area contributed by atoms with Gasteiger partial charge in [-0.25, -0.2) is 4.79 Å². The maximum Gasteiger partial charge on any atom is 0.339 e. The summed E-state index contributed by atoms with van der Waals surface area (Å²) in [7, 11) is 0. The third kappa shape index (κ3) is 4.57. The molecule has 6 nitrogen and oxygen atoms in total. The molecule has 0 bridgehead atoms. The Morgan fingerprint density at radius 2 is 1.97 bits per heavy atom. The van der Waals surface area contributed by atoms with Crippen LogP contribution in [0.5, 0.6) is 0 Å². The van der Waals surface area contributed by atoms with Crippen LogP contribution in [0.2, 0.25) is 0 Å². The lowest BCUT2D eigenvalue weighted by molar-refractivity contribution is -0.121. The van der Waals surface area contributed by atoms with Gasteiger partial charge in [0.15, 0.2) is 6.61 Å². The monoisotopic (exact) mass is 422 g/mol. The molecule has 0 fully saturated rings. The zero-order chi connectivity index (χ0) is 20.9. The van der Waals surface area contributed by atoms with Gasteiger partial charge in [-0.3, -0.25) is 4.79 Å². The Labute approximate surface area is 179 Å². The minimum absolute atomic E-state index is 0.210. The summed E-state index contributed by atoms with van der Waals surface area (Å²) in [5, 5.41) is 3.87. The van der Waals surface area contributed by atoms with E-state index in [0.717, 1.165) is 40.4 Å². The Hall–Kier alpha value is -3.06. The van der Waals surface area contributed by atoms with Crippen molar-refractivity contribution < 1.29 is 18.8 Å². The quantitative estimate of drug-likeness (QED) is 0.433. The van der Waals surface area contributed by atoms with Gasteiger partial charge in [0.05, 0.1) is 17.0 Å². The number of esters is 1. The number of hydrogen-bond donors (Lipinski definition) is 0. The second-order valence-electron chi connectivity index (χ2n) is 7.07. The summed E-state index contributed by atoms with van der Waals surface area (Å²) in [6, 6.07) is 16.9. The van der Waals surface area contributed by atoms with E-state index in [4.69, 9.17) is 9.26 Å². The van der Waals surface area contributed by atoms with Crippen LogP contribution in [0.1, 0.15) is 33.8 Å². The minimum atomic E-state index is -0.509. The summed E-state index contributed by atoms with van der Waals surface area (Å²) in [5.74, 6) is 0.567. The molecule has 0 N–H and O–H groups in total. The van der Waals surface area contributed by atoms with Crippen LogP contribution in [-0.2, 0) is 21.7 Å². The van der Waals surface area contributed by atoms with Crippen LogP contribution in [0.25, 0.3) is 0 Å². The molecule has 154 valence electrons. The number of aromatic nitrogens is 1. The van der Waals surface area contributed by atoms with E-state index in [2.05, 4.69) is 5.16 Å². The Kier molecular flexibility index (Phi) is 6.18. The molecule has 3 aromatic rings. The van der Waals surface area contributed by atoms with Crippen LogP contribution in [0.15, 0.2) is 64.0 Å². The van der Waals surface area contributed by atoms with Crippen LogP contribution >= 0.6 is 11.8 Å². The van der Waals surface area contributed by atoms with Crippen LogP contribution in [0.3, 0.4) is 0 Å². The molecule has 1 amide bonds. The number of hydrogen-bond acceptors (Lipinski definition) is 6. The standard InChI is InChI=1S/C23H22N2O4S/c1-16-13-18(29-24-16)15-30-21-11-5-3-9-19(21)23(27)28-14-22(26)25-12-6-8-17-7-2-4-10-20(17)25/h2-5,7,9-11,13H,6,8,12,14-15H2,1H3. The number of ether oxygens (including phenoxy) is 1.